The SMILES string of the molecule is Cc1ccc(O[C@H](C)C(=O)NNC(=O)CCC(=O)O)cc1C. The van der Waals surface area contributed by atoms with Gasteiger partial charge in [-0.1, -0.05) is 6.07 Å². The maximum Gasteiger partial charge on any atom is 0.303 e. The number of hydrogen-bond donors (Lipinski definition) is 3. The average Bonchev–Trinajstić information content (AvgIpc) is 2.46. The van der Waals surface area contributed by atoms with Crippen LogP contribution < -0.4 is 15.6 Å². The maximum absolute atomic E-state index is 11.8. The normalized spacial score (nSPS) is 11.4. The number of nitrogens with one attached hydrogen (secondary N) is 2. The molecule has 22 heavy (non-hydrogen) atoms. The summed E-state index contributed by atoms with van der Waals surface area (Å²) >= 11 is 0. The molecule has 0 spiro atoms. The molecule has 1 aromatic rings. The van der Waals surface area contributed by atoms with Crippen LogP contribution in [0.5, 0.6) is 5.75 Å². The van der Waals surface area contributed by atoms with Crippen molar-refractivity contribution in [2.45, 2.75) is 39.7 Å². The molecule has 3 N–H and O–H groups in total. The second kappa shape index (κ2) is 8.02. The van der Waals surface area contributed by atoms with Crippen LogP contribution in [0.15, 0.2) is 18.2 Å². The molecule has 7 heteroatoms. The minimum Gasteiger partial charge on any atom is -0.481 e. The lowest BCUT2D eigenvalue weighted by Crippen LogP contribution is -2.47. The zero-order chi connectivity index (χ0) is 16.7. The number of benzene rings is 1. The Bertz CT molecular complexity index is 571. The Balaban J connectivity index is 2.43. The second-order valence-corrected chi connectivity index (χ2v) is 4.94. The first kappa shape index (κ1) is 17.5. The number of aliphatic carboxylic acids is 1. The number of carbonyl (C=O) groups is 3. The monoisotopic (exact) mass is 308 g/mol. The summed E-state index contributed by atoms with van der Waals surface area (Å²) < 4.78 is 5.48. The minimum absolute atomic E-state index is 0.206. The summed E-state index contributed by atoms with van der Waals surface area (Å²) in [5, 5.41) is 8.45. The topological polar surface area (TPSA) is 105 Å². The molecule has 0 aliphatic carbocycles. The van der Waals surface area contributed by atoms with Crippen molar-refractivity contribution < 1.29 is 24.2 Å². The lowest BCUT2D eigenvalue weighted by Gasteiger charge is -2.15. The second-order valence-electron chi connectivity index (χ2n) is 4.94. The van der Waals surface area contributed by atoms with E-state index in [1.165, 1.54) is 0 Å². The first-order chi connectivity index (χ1) is 10.3. The standard InChI is InChI=1S/C15H20N2O5/c1-9-4-5-12(8-10(9)2)22-11(3)15(21)17-16-13(18)6-7-14(19)20/h4-5,8,11H,6-7H2,1-3H3,(H,16,18)(H,17,21)(H,19,20)/t11-/m1/s1. The Morgan fingerprint density at radius 1 is 1.14 bits per heavy atom. The van der Waals surface area contributed by atoms with Crippen LogP contribution in [0.2, 0.25) is 0 Å². The first-order valence-electron chi connectivity index (χ1n) is 6.84. The number of carboxylic acid groups (broad SMARTS) is 1. The van der Waals surface area contributed by atoms with Gasteiger partial charge in [-0.3, -0.25) is 25.2 Å². The van der Waals surface area contributed by atoms with Gasteiger partial charge in [-0.25, -0.2) is 0 Å². The van der Waals surface area contributed by atoms with Crippen molar-refractivity contribution in [3.8, 4) is 5.75 Å². The van der Waals surface area contributed by atoms with Crippen LogP contribution >= 0.6 is 0 Å². The van der Waals surface area contributed by atoms with Crippen molar-refractivity contribution in [2.75, 3.05) is 0 Å². The van der Waals surface area contributed by atoms with E-state index in [2.05, 4.69) is 10.9 Å². The van der Waals surface area contributed by atoms with E-state index in [4.69, 9.17) is 9.84 Å². The Morgan fingerprint density at radius 3 is 2.41 bits per heavy atom. The van der Waals surface area contributed by atoms with Crippen LogP contribution in [0.1, 0.15) is 30.9 Å². The van der Waals surface area contributed by atoms with Crippen molar-refractivity contribution in [1.29, 1.82) is 0 Å². The highest BCUT2D eigenvalue weighted by molar-refractivity contribution is 5.85. The Labute approximate surface area is 128 Å². The van der Waals surface area contributed by atoms with E-state index in [9.17, 15) is 14.4 Å². The number of ether oxygens (including phenoxy) is 1. The van der Waals surface area contributed by atoms with E-state index in [1.54, 1.807) is 13.0 Å². The van der Waals surface area contributed by atoms with Gasteiger partial charge in [-0.05, 0) is 44.0 Å². The van der Waals surface area contributed by atoms with Crippen molar-refractivity contribution >= 4 is 17.8 Å². The van der Waals surface area contributed by atoms with Gasteiger partial charge in [0.2, 0.25) is 5.91 Å². The van der Waals surface area contributed by atoms with Gasteiger partial charge in [-0.15, -0.1) is 0 Å². The summed E-state index contributed by atoms with van der Waals surface area (Å²) in [4.78, 5) is 33.4. The van der Waals surface area contributed by atoms with Gasteiger partial charge in [0.25, 0.3) is 5.91 Å². The third kappa shape index (κ3) is 5.82. The third-order valence-electron chi connectivity index (χ3n) is 3.05. The number of rotatable bonds is 6. The average molecular weight is 308 g/mol. The molecule has 1 rings (SSSR count). The molecule has 0 heterocycles. The smallest absolute Gasteiger partial charge is 0.303 e. The molecular weight excluding hydrogens is 288 g/mol. The highest BCUT2D eigenvalue weighted by Crippen LogP contribution is 2.17. The molecule has 0 unspecified atom stereocenters. The van der Waals surface area contributed by atoms with Crippen molar-refractivity contribution in [3.05, 3.63) is 29.3 Å². The van der Waals surface area contributed by atoms with Gasteiger partial charge in [0.05, 0.1) is 6.42 Å². The summed E-state index contributed by atoms with van der Waals surface area (Å²) in [5.74, 6) is -1.62. The molecule has 0 aliphatic rings. The van der Waals surface area contributed by atoms with Gasteiger partial charge < -0.3 is 9.84 Å². The number of hydrazine groups is 1. The number of carboxylic acids is 1. The van der Waals surface area contributed by atoms with E-state index in [-0.39, 0.29) is 12.8 Å². The Morgan fingerprint density at radius 2 is 1.82 bits per heavy atom. The van der Waals surface area contributed by atoms with Gasteiger partial charge in [0.15, 0.2) is 6.10 Å². The van der Waals surface area contributed by atoms with Crippen molar-refractivity contribution in [3.63, 3.8) is 0 Å². The number of hydrogen-bond acceptors (Lipinski definition) is 4. The summed E-state index contributed by atoms with van der Waals surface area (Å²) in [7, 11) is 0. The molecule has 0 fully saturated rings. The van der Waals surface area contributed by atoms with E-state index < -0.39 is 23.9 Å². The van der Waals surface area contributed by atoms with Gasteiger partial charge in [0, 0.05) is 6.42 Å². The predicted octanol–water partition coefficient (Wildman–Crippen LogP) is 1.08. The number of carbonyl (C=O) groups excluding carboxylic acids is 2. The highest BCUT2D eigenvalue weighted by Gasteiger charge is 2.15. The van der Waals surface area contributed by atoms with E-state index in [1.807, 2.05) is 26.0 Å². The first-order valence-corrected chi connectivity index (χ1v) is 6.84. The third-order valence-corrected chi connectivity index (χ3v) is 3.05. The lowest BCUT2D eigenvalue weighted by atomic mass is 10.1. The highest BCUT2D eigenvalue weighted by atomic mass is 16.5. The number of amides is 2. The summed E-state index contributed by atoms with van der Waals surface area (Å²) in [6.45, 7) is 5.46. The van der Waals surface area contributed by atoms with Crippen LogP contribution in [0.4, 0.5) is 0 Å². The van der Waals surface area contributed by atoms with Crippen LogP contribution in [0.3, 0.4) is 0 Å². The lowest BCUT2D eigenvalue weighted by molar-refractivity contribution is -0.139. The minimum atomic E-state index is -1.08. The zero-order valence-corrected chi connectivity index (χ0v) is 12.8. The molecule has 7 nitrogen and oxygen atoms in total. The van der Waals surface area contributed by atoms with Crippen LogP contribution in [-0.4, -0.2) is 29.0 Å². The molecule has 0 aliphatic heterocycles. The molecule has 120 valence electrons. The Hall–Kier alpha value is -2.57. The predicted molar refractivity (Wildman–Crippen MR) is 79.2 cm³/mol. The molecule has 0 radical (unpaired) electrons. The molecule has 0 bridgehead atoms. The quantitative estimate of drug-likeness (QED) is 0.682. The van der Waals surface area contributed by atoms with Crippen LogP contribution in [0.25, 0.3) is 0 Å². The molecular formula is C15H20N2O5. The van der Waals surface area contributed by atoms with Gasteiger partial charge in [0.1, 0.15) is 5.75 Å². The molecule has 0 saturated carbocycles. The molecule has 1 aromatic carbocycles. The van der Waals surface area contributed by atoms with Crippen LogP contribution in [-0.2, 0) is 14.4 Å². The van der Waals surface area contributed by atoms with Crippen molar-refractivity contribution in [2.24, 2.45) is 0 Å². The van der Waals surface area contributed by atoms with E-state index in [0.29, 0.717) is 5.75 Å². The summed E-state index contributed by atoms with van der Waals surface area (Å²) in [6.07, 6.45) is -1.31. The summed E-state index contributed by atoms with van der Waals surface area (Å²) in [6, 6.07) is 5.48. The van der Waals surface area contributed by atoms with E-state index in [0.717, 1.165) is 11.1 Å². The maximum atomic E-state index is 11.8. The molecule has 0 saturated heterocycles. The Kier molecular flexibility index (Phi) is 6.37. The fraction of sp³-hybridized carbons (Fsp3) is 0.400. The van der Waals surface area contributed by atoms with Crippen LogP contribution in [0, 0.1) is 13.8 Å². The number of aryl methyl sites for hydroxylation is 2. The molecule has 1 atom stereocenters. The zero-order valence-electron chi connectivity index (χ0n) is 12.8. The fourth-order valence-electron chi connectivity index (χ4n) is 1.56. The molecule has 0 aromatic heterocycles. The van der Waals surface area contributed by atoms with Crippen molar-refractivity contribution in [1.82, 2.24) is 10.9 Å². The summed E-state index contributed by atoms with van der Waals surface area (Å²) in [5.41, 5.74) is 6.51. The largest absolute Gasteiger partial charge is 0.481 e. The van der Waals surface area contributed by atoms with Gasteiger partial charge >= 0.3 is 5.97 Å². The van der Waals surface area contributed by atoms with Gasteiger partial charge in [-0.2, -0.15) is 0 Å². The fourth-order valence-corrected chi connectivity index (χ4v) is 1.56. The van der Waals surface area contributed by atoms with E-state index >= 15 is 0 Å². The molecule has 2 amide bonds.